The van der Waals surface area contributed by atoms with Gasteiger partial charge in [-0.25, -0.2) is 0 Å². The van der Waals surface area contributed by atoms with E-state index in [1.807, 2.05) is 29.2 Å². The molecule has 1 aromatic rings. The number of benzene rings is 1. The van der Waals surface area contributed by atoms with Crippen molar-refractivity contribution < 1.29 is 4.79 Å². The fourth-order valence-corrected chi connectivity index (χ4v) is 2.87. The van der Waals surface area contributed by atoms with Crippen LogP contribution >= 0.6 is 0 Å². The van der Waals surface area contributed by atoms with Gasteiger partial charge in [-0.2, -0.15) is 0 Å². The highest BCUT2D eigenvalue weighted by molar-refractivity contribution is 5.76. The largest absolute Gasteiger partial charge is 0.399 e. The monoisotopic (exact) mass is 273 g/mol. The summed E-state index contributed by atoms with van der Waals surface area (Å²) in [5.41, 5.74) is 7.62. The maximum Gasteiger partial charge on any atom is 0.222 e. The molecule has 0 bridgehead atoms. The summed E-state index contributed by atoms with van der Waals surface area (Å²) in [7, 11) is 0. The molecule has 0 radical (unpaired) electrons. The maximum absolute atomic E-state index is 12.2. The van der Waals surface area contributed by atoms with Crippen molar-refractivity contribution in [1.82, 2.24) is 9.80 Å². The van der Waals surface area contributed by atoms with E-state index in [0.717, 1.165) is 44.3 Å². The van der Waals surface area contributed by atoms with Crippen molar-refractivity contribution in [3.8, 4) is 0 Å². The first-order valence-corrected chi connectivity index (χ1v) is 7.58. The van der Waals surface area contributed by atoms with E-state index in [0.29, 0.717) is 6.42 Å². The number of hydrogen-bond donors (Lipinski definition) is 1. The average Bonchev–Trinajstić information content (AvgIpc) is 3.31. The summed E-state index contributed by atoms with van der Waals surface area (Å²) >= 11 is 0. The minimum absolute atomic E-state index is 0.289. The van der Waals surface area contributed by atoms with Crippen LogP contribution in [-0.2, 0) is 11.2 Å². The molecule has 1 saturated carbocycles. The molecular weight excluding hydrogens is 250 g/mol. The third-order valence-corrected chi connectivity index (χ3v) is 4.34. The second kappa shape index (κ2) is 5.83. The summed E-state index contributed by atoms with van der Waals surface area (Å²) in [5, 5.41) is 0. The zero-order valence-electron chi connectivity index (χ0n) is 11.9. The fourth-order valence-electron chi connectivity index (χ4n) is 2.87. The number of nitrogen functional groups attached to an aromatic ring is 1. The molecule has 0 atom stereocenters. The number of aryl methyl sites for hydroxylation is 1. The minimum atomic E-state index is 0.289. The Morgan fingerprint density at radius 2 is 1.75 bits per heavy atom. The van der Waals surface area contributed by atoms with E-state index in [4.69, 9.17) is 5.73 Å². The number of anilines is 1. The first-order valence-electron chi connectivity index (χ1n) is 7.58. The Morgan fingerprint density at radius 3 is 2.35 bits per heavy atom. The van der Waals surface area contributed by atoms with Gasteiger partial charge in [0, 0.05) is 44.3 Å². The zero-order chi connectivity index (χ0) is 13.9. The number of amides is 1. The molecule has 20 heavy (non-hydrogen) atoms. The number of piperazine rings is 1. The Balaban J connectivity index is 1.43. The van der Waals surface area contributed by atoms with E-state index < -0.39 is 0 Å². The predicted molar refractivity (Wildman–Crippen MR) is 80.4 cm³/mol. The summed E-state index contributed by atoms with van der Waals surface area (Å²) in [5.74, 6) is 0.289. The second-order valence-corrected chi connectivity index (χ2v) is 5.89. The molecule has 108 valence electrons. The van der Waals surface area contributed by atoms with Crippen LogP contribution in [0.5, 0.6) is 0 Å². The number of carbonyl (C=O) groups is 1. The normalized spacial score (nSPS) is 20.1. The molecule has 1 saturated heterocycles. The van der Waals surface area contributed by atoms with Gasteiger partial charge in [-0.15, -0.1) is 0 Å². The molecule has 1 aliphatic carbocycles. The van der Waals surface area contributed by atoms with E-state index in [9.17, 15) is 4.79 Å². The third-order valence-electron chi connectivity index (χ3n) is 4.34. The first kappa shape index (κ1) is 13.4. The maximum atomic E-state index is 12.2. The highest BCUT2D eigenvalue weighted by atomic mass is 16.2. The van der Waals surface area contributed by atoms with Crippen molar-refractivity contribution in [2.75, 3.05) is 31.9 Å². The van der Waals surface area contributed by atoms with Gasteiger partial charge < -0.3 is 10.6 Å². The standard InChI is InChI=1S/C16H23N3O/c17-14-4-1-13(2-5-14)3-8-16(20)19-11-9-18(10-12-19)15-6-7-15/h1-2,4-5,15H,3,6-12,17H2. The number of nitrogens with zero attached hydrogens (tertiary/aromatic N) is 2. The summed E-state index contributed by atoms with van der Waals surface area (Å²) in [4.78, 5) is 16.8. The van der Waals surface area contributed by atoms with Crippen LogP contribution in [0.4, 0.5) is 5.69 Å². The highest BCUT2D eigenvalue weighted by Gasteiger charge is 2.31. The predicted octanol–water partition coefficient (Wildman–Crippen LogP) is 1.51. The van der Waals surface area contributed by atoms with Gasteiger partial charge in [-0.05, 0) is 37.0 Å². The van der Waals surface area contributed by atoms with E-state index in [1.165, 1.54) is 18.4 Å². The zero-order valence-corrected chi connectivity index (χ0v) is 11.9. The van der Waals surface area contributed by atoms with Crippen LogP contribution < -0.4 is 5.73 Å². The van der Waals surface area contributed by atoms with Crippen LogP contribution in [0.1, 0.15) is 24.8 Å². The Labute approximate surface area is 120 Å². The van der Waals surface area contributed by atoms with Crippen molar-refractivity contribution >= 4 is 11.6 Å². The second-order valence-electron chi connectivity index (χ2n) is 5.89. The summed E-state index contributed by atoms with van der Waals surface area (Å²) in [6.07, 6.45) is 4.12. The quantitative estimate of drug-likeness (QED) is 0.846. The first-order chi connectivity index (χ1) is 9.72. The van der Waals surface area contributed by atoms with Gasteiger partial charge in [-0.3, -0.25) is 9.69 Å². The van der Waals surface area contributed by atoms with Crippen LogP contribution in [0.3, 0.4) is 0 Å². The molecule has 1 aliphatic heterocycles. The topological polar surface area (TPSA) is 49.6 Å². The van der Waals surface area contributed by atoms with Crippen LogP contribution in [0.15, 0.2) is 24.3 Å². The van der Waals surface area contributed by atoms with Gasteiger partial charge in [0.25, 0.3) is 0 Å². The minimum Gasteiger partial charge on any atom is -0.399 e. The fraction of sp³-hybridized carbons (Fsp3) is 0.562. The van der Waals surface area contributed by atoms with E-state index in [1.54, 1.807) is 0 Å². The smallest absolute Gasteiger partial charge is 0.222 e. The molecule has 4 heteroatoms. The molecule has 1 amide bonds. The Bertz CT molecular complexity index is 459. The summed E-state index contributed by atoms with van der Waals surface area (Å²) < 4.78 is 0. The highest BCUT2D eigenvalue weighted by Crippen LogP contribution is 2.27. The molecule has 0 spiro atoms. The lowest BCUT2D eigenvalue weighted by molar-refractivity contribution is -0.133. The number of nitrogens with two attached hydrogens (primary N) is 1. The van der Waals surface area contributed by atoms with Crippen molar-refractivity contribution in [3.63, 3.8) is 0 Å². The van der Waals surface area contributed by atoms with E-state index >= 15 is 0 Å². The van der Waals surface area contributed by atoms with Crippen LogP contribution in [0.2, 0.25) is 0 Å². The van der Waals surface area contributed by atoms with Gasteiger partial charge in [0.2, 0.25) is 5.91 Å². The number of rotatable bonds is 4. The van der Waals surface area contributed by atoms with E-state index in [2.05, 4.69) is 4.90 Å². The molecule has 3 rings (SSSR count). The molecule has 4 nitrogen and oxygen atoms in total. The molecule has 0 unspecified atom stereocenters. The molecule has 0 aromatic heterocycles. The Kier molecular flexibility index (Phi) is 3.92. The van der Waals surface area contributed by atoms with Crippen molar-refractivity contribution in [2.24, 2.45) is 0 Å². The van der Waals surface area contributed by atoms with Crippen molar-refractivity contribution in [3.05, 3.63) is 29.8 Å². The van der Waals surface area contributed by atoms with Gasteiger partial charge in [0.1, 0.15) is 0 Å². The molecule has 1 heterocycles. The average molecular weight is 273 g/mol. The number of carbonyl (C=O) groups excluding carboxylic acids is 1. The lowest BCUT2D eigenvalue weighted by atomic mass is 10.1. The van der Waals surface area contributed by atoms with Crippen molar-refractivity contribution in [2.45, 2.75) is 31.7 Å². The van der Waals surface area contributed by atoms with Gasteiger partial charge in [0.05, 0.1) is 0 Å². The Hall–Kier alpha value is -1.55. The van der Waals surface area contributed by atoms with E-state index in [-0.39, 0.29) is 5.91 Å². The third kappa shape index (κ3) is 3.31. The molecule has 2 aliphatic rings. The van der Waals surface area contributed by atoms with Gasteiger partial charge in [0.15, 0.2) is 0 Å². The van der Waals surface area contributed by atoms with Crippen LogP contribution in [0, 0.1) is 0 Å². The molecule has 1 aromatic carbocycles. The lowest BCUT2D eigenvalue weighted by Crippen LogP contribution is -2.49. The number of hydrogen-bond acceptors (Lipinski definition) is 3. The van der Waals surface area contributed by atoms with Crippen molar-refractivity contribution in [1.29, 1.82) is 0 Å². The Morgan fingerprint density at radius 1 is 1.10 bits per heavy atom. The summed E-state index contributed by atoms with van der Waals surface area (Å²) in [6, 6.07) is 8.63. The molecule has 2 fully saturated rings. The van der Waals surface area contributed by atoms with Gasteiger partial charge >= 0.3 is 0 Å². The van der Waals surface area contributed by atoms with Crippen LogP contribution in [-0.4, -0.2) is 47.9 Å². The lowest BCUT2D eigenvalue weighted by Gasteiger charge is -2.34. The molecular formula is C16H23N3O. The SMILES string of the molecule is Nc1ccc(CCC(=O)N2CCN(C3CC3)CC2)cc1. The summed E-state index contributed by atoms with van der Waals surface area (Å²) in [6.45, 7) is 3.91. The van der Waals surface area contributed by atoms with Crippen LogP contribution in [0.25, 0.3) is 0 Å². The van der Waals surface area contributed by atoms with Gasteiger partial charge in [-0.1, -0.05) is 12.1 Å². The molecule has 2 N–H and O–H groups in total.